The third-order valence-corrected chi connectivity index (χ3v) is 5.04. The molecule has 0 spiro atoms. The lowest BCUT2D eigenvalue weighted by Crippen LogP contribution is -2.03. The Balaban J connectivity index is 2.30. The smallest absolute Gasteiger partial charge is 0.294 e. The van der Waals surface area contributed by atoms with Crippen molar-refractivity contribution in [2.24, 2.45) is 0 Å². The van der Waals surface area contributed by atoms with Gasteiger partial charge < -0.3 is 0 Å². The van der Waals surface area contributed by atoms with E-state index < -0.39 is 16.7 Å². The van der Waals surface area contributed by atoms with Crippen molar-refractivity contribution in [2.75, 3.05) is 0 Å². The molecule has 2 aromatic rings. The van der Waals surface area contributed by atoms with E-state index in [1.807, 2.05) is 0 Å². The Hall–Kier alpha value is -1.87. The number of carbonyl (C=O) groups excluding carboxylic acids is 1. The molecule has 1 heterocycles. The van der Waals surface area contributed by atoms with Crippen LogP contribution in [0.15, 0.2) is 39.4 Å². The van der Waals surface area contributed by atoms with Crippen molar-refractivity contribution in [1.82, 2.24) is 0 Å². The molecule has 1 aromatic carbocycles. The van der Waals surface area contributed by atoms with Crippen LogP contribution in [0.4, 0.5) is 18.9 Å². The molecule has 0 N–H and O–H groups in total. The second-order valence-corrected chi connectivity index (χ2v) is 6.62. The molecule has 116 valence electrons. The van der Waals surface area contributed by atoms with E-state index in [2.05, 4.69) is 0 Å². The lowest BCUT2D eigenvalue weighted by molar-refractivity contribution is -0.387. The first-order valence-electron chi connectivity index (χ1n) is 5.83. The number of rotatable bonds is 4. The zero-order chi connectivity index (χ0) is 16.5. The molecule has 4 nitrogen and oxygen atoms in total. The SMILES string of the molecule is CC(=O)c1cc([N+](=O)[O-])c(Sc2ccc(C(F)(F)F)cc2)s1. The summed E-state index contributed by atoms with van der Waals surface area (Å²) in [6.45, 7) is 1.29. The van der Waals surface area contributed by atoms with Crippen molar-refractivity contribution < 1.29 is 22.9 Å². The highest BCUT2D eigenvalue weighted by atomic mass is 32.2. The van der Waals surface area contributed by atoms with Gasteiger partial charge in [-0.15, -0.1) is 11.3 Å². The molecule has 0 bridgehead atoms. The summed E-state index contributed by atoms with van der Waals surface area (Å²) >= 11 is 1.91. The number of nitro groups is 1. The minimum atomic E-state index is -4.43. The van der Waals surface area contributed by atoms with E-state index in [1.54, 1.807) is 0 Å². The Labute approximate surface area is 131 Å². The number of nitrogens with zero attached hydrogens (tertiary/aromatic N) is 1. The quantitative estimate of drug-likeness (QED) is 0.442. The molecule has 9 heteroatoms. The van der Waals surface area contributed by atoms with Gasteiger partial charge in [-0.25, -0.2) is 0 Å². The highest BCUT2D eigenvalue weighted by molar-refractivity contribution is 8.01. The van der Waals surface area contributed by atoms with Gasteiger partial charge in [-0.05, 0) is 31.2 Å². The normalized spacial score (nSPS) is 11.5. The van der Waals surface area contributed by atoms with Gasteiger partial charge >= 0.3 is 6.18 Å². The molecular weight excluding hydrogens is 339 g/mol. The molecule has 0 saturated heterocycles. The summed E-state index contributed by atoms with van der Waals surface area (Å²) in [5, 5.41) is 11.0. The fourth-order valence-corrected chi connectivity index (χ4v) is 3.76. The average molecular weight is 347 g/mol. The third kappa shape index (κ3) is 3.66. The monoisotopic (exact) mass is 347 g/mol. The van der Waals surface area contributed by atoms with Crippen molar-refractivity contribution >= 4 is 34.6 Å². The summed E-state index contributed by atoms with van der Waals surface area (Å²) in [4.78, 5) is 22.3. The van der Waals surface area contributed by atoms with Crippen LogP contribution in [0.25, 0.3) is 0 Å². The maximum atomic E-state index is 12.5. The molecular formula is C13H8F3NO3S2. The number of Topliss-reactive ketones (excluding diaryl/α,β-unsaturated/α-hetero) is 1. The molecule has 0 radical (unpaired) electrons. The van der Waals surface area contributed by atoms with E-state index in [9.17, 15) is 28.1 Å². The van der Waals surface area contributed by atoms with Gasteiger partial charge in [0.2, 0.25) is 0 Å². The molecule has 0 aliphatic carbocycles. The summed E-state index contributed by atoms with van der Waals surface area (Å²) in [6, 6.07) is 5.48. The molecule has 0 unspecified atom stereocenters. The maximum absolute atomic E-state index is 12.5. The van der Waals surface area contributed by atoms with Gasteiger partial charge in [-0.2, -0.15) is 13.2 Å². The summed E-state index contributed by atoms with van der Waals surface area (Å²) in [7, 11) is 0. The Morgan fingerprint density at radius 3 is 2.32 bits per heavy atom. The maximum Gasteiger partial charge on any atom is 0.416 e. The van der Waals surface area contributed by atoms with Crippen LogP contribution in [-0.2, 0) is 6.18 Å². The highest BCUT2D eigenvalue weighted by Gasteiger charge is 2.30. The number of hydrogen-bond donors (Lipinski definition) is 0. The predicted octanol–water partition coefficient (Wildman–Crippen LogP) is 5.03. The van der Waals surface area contributed by atoms with Gasteiger partial charge in [0.1, 0.15) is 4.21 Å². The number of thiophene rings is 1. The summed E-state index contributed by atoms with van der Waals surface area (Å²) in [5.41, 5.74) is -1.01. The van der Waals surface area contributed by atoms with Gasteiger partial charge in [-0.1, -0.05) is 11.8 Å². The first-order valence-corrected chi connectivity index (χ1v) is 7.46. The molecule has 0 aliphatic rings. The van der Waals surface area contributed by atoms with E-state index in [1.165, 1.54) is 25.1 Å². The lowest BCUT2D eigenvalue weighted by Gasteiger charge is -2.06. The average Bonchev–Trinajstić information content (AvgIpc) is 2.82. The third-order valence-electron chi connectivity index (χ3n) is 2.62. The van der Waals surface area contributed by atoms with Crippen molar-refractivity contribution in [3.05, 3.63) is 50.9 Å². The van der Waals surface area contributed by atoms with E-state index in [4.69, 9.17) is 0 Å². The number of halogens is 3. The van der Waals surface area contributed by atoms with Crippen LogP contribution in [-0.4, -0.2) is 10.7 Å². The second kappa shape index (κ2) is 6.09. The fourth-order valence-electron chi connectivity index (χ4n) is 1.56. The molecule has 1 aromatic heterocycles. The first kappa shape index (κ1) is 16.5. The van der Waals surface area contributed by atoms with E-state index in [-0.39, 0.29) is 20.6 Å². The lowest BCUT2D eigenvalue weighted by atomic mass is 10.2. The Kier molecular flexibility index (Phi) is 4.57. The predicted molar refractivity (Wildman–Crippen MR) is 76.5 cm³/mol. The van der Waals surface area contributed by atoms with E-state index in [0.717, 1.165) is 35.2 Å². The van der Waals surface area contributed by atoms with Crippen LogP contribution in [0.2, 0.25) is 0 Å². The zero-order valence-electron chi connectivity index (χ0n) is 11.0. The van der Waals surface area contributed by atoms with E-state index >= 15 is 0 Å². The van der Waals surface area contributed by atoms with Crippen molar-refractivity contribution in [1.29, 1.82) is 0 Å². The fraction of sp³-hybridized carbons (Fsp3) is 0.154. The van der Waals surface area contributed by atoms with Gasteiger partial charge in [0.25, 0.3) is 5.69 Å². The Morgan fingerprint density at radius 2 is 1.86 bits per heavy atom. The van der Waals surface area contributed by atoms with Gasteiger partial charge in [0, 0.05) is 11.0 Å². The van der Waals surface area contributed by atoms with Gasteiger partial charge in [0.05, 0.1) is 15.4 Å². The minimum absolute atomic E-state index is 0.222. The first-order chi connectivity index (χ1) is 10.2. The van der Waals surface area contributed by atoms with Crippen molar-refractivity contribution in [3.63, 3.8) is 0 Å². The summed E-state index contributed by atoms with van der Waals surface area (Å²) in [5.74, 6) is -0.299. The highest BCUT2D eigenvalue weighted by Crippen LogP contribution is 2.42. The number of alkyl halides is 3. The number of carbonyl (C=O) groups is 1. The van der Waals surface area contributed by atoms with Crippen LogP contribution in [0, 0.1) is 10.1 Å². The Bertz CT molecular complexity index is 723. The second-order valence-electron chi connectivity index (χ2n) is 4.22. The number of hydrogen-bond acceptors (Lipinski definition) is 5. The van der Waals surface area contributed by atoms with Crippen LogP contribution in [0.5, 0.6) is 0 Å². The van der Waals surface area contributed by atoms with Crippen LogP contribution < -0.4 is 0 Å². The van der Waals surface area contributed by atoms with Crippen molar-refractivity contribution in [3.8, 4) is 0 Å². The largest absolute Gasteiger partial charge is 0.416 e. The molecule has 2 rings (SSSR count). The van der Waals surface area contributed by atoms with Crippen molar-refractivity contribution in [2.45, 2.75) is 22.2 Å². The molecule has 0 amide bonds. The van der Waals surface area contributed by atoms with Crippen LogP contribution >= 0.6 is 23.1 Å². The number of ketones is 1. The summed E-state index contributed by atoms with van der Waals surface area (Å²) < 4.78 is 37.7. The molecule has 0 fully saturated rings. The minimum Gasteiger partial charge on any atom is -0.294 e. The van der Waals surface area contributed by atoms with Crippen LogP contribution in [0.1, 0.15) is 22.2 Å². The number of benzene rings is 1. The topological polar surface area (TPSA) is 60.2 Å². The standard InChI is InChI=1S/C13H8F3NO3S2/c1-7(18)11-6-10(17(19)20)12(22-11)21-9-4-2-8(3-5-9)13(14,15)16/h2-6H,1H3. The van der Waals surface area contributed by atoms with Crippen LogP contribution in [0.3, 0.4) is 0 Å². The molecule has 0 aliphatic heterocycles. The molecule has 22 heavy (non-hydrogen) atoms. The Morgan fingerprint density at radius 1 is 1.27 bits per heavy atom. The molecule has 0 atom stereocenters. The van der Waals surface area contributed by atoms with E-state index in [0.29, 0.717) is 4.90 Å². The summed E-state index contributed by atoms with van der Waals surface area (Å²) in [6.07, 6.45) is -4.43. The van der Waals surface area contributed by atoms with Gasteiger partial charge in [-0.3, -0.25) is 14.9 Å². The zero-order valence-corrected chi connectivity index (χ0v) is 12.6. The molecule has 0 saturated carbocycles. The van der Waals surface area contributed by atoms with Gasteiger partial charge in [0.15, 0.2) is 5.78 Å².